The SMILES string of the molecule is CN1C(=O)C(NC(=S)N(CCC#N)Cc2cccnc2)N=C(c2ccccc2)c2cc(Cl)ccc21. The normalized spacial score (nSPS) is 14.9. The summed E-state index contributed by atoms with van der Waals surface area (Å²) in [6, 6.07) is 21.0. The van der Waals surface area contributed by atoms with Crippen LogP contribution in [0, 0.1) is 11.3 Å². The highest BCUT2D eigenvalue weighted by Gasteiger charge is 2.31. The third-order valence-corrected chi connectivity index (χ3v) is 6.19. The van der Waals surface area contributed by atoms with Crippen LogP contribution >= 0.6 is 23.8 Å². The zero-order chi connectivity index (χ0) is 24.8. The van der Waals surface area contributed by atoms with Crippen molar-refractivity contribution in [3.8, 4) is 6.07 Å². The highest BCUT2D eigenvalue weighted by Crippen LogP contribution is 2.30. The molecule has 0 fully saturated rings. The highest BCUT2D eigenvalue weighted by atomic mass is 35.5. The number of anilines is 1. The first-order valence-electron chi connectivity index (χ1n) is 11.0. The molecule has 1 atom stereocenters. The second-order valence-electron chi connectivity index (χ2n) is 7.95. The fourth-order valence-corrected chi connectivity index (χ4v) is 4.26. The van der Waals surface area contributed by atoms with Crippen molar-refractivity contribution in [2.24, 2.45) is 4.99 Å². The van der Waals surface area contributed by atoms with E-state index in [1.165, 1.54) is 0 Å². The summed E-state index contributed by atoms with van der Waals surface area (Å²) < 4.78 is 0. The Labute approximate surface area is 214 Å². The van der Waals surface area contributed by atoms with Gasteiger partial charge in [0.2, 0.25) is 6.17 Å². The minimum Gasteiger partial charge on any atom is -0.344 e. The molecule has 35 heavy (non-hydrogen) atoms. The van der Waals surface area contributed by atoms with Gasteiger partial charge in [0.1, 0.15) is 0 Å². The number of likely N-dealkylation sites (N-methyl/N-ethyl adjacent to an activating group) is 1. The van der Waals surface area contributed by atoms with Crippen LogP contribution < -0.4 is 10.2 Å². The second kappa shape index (κ2) is 11.1. The van der Waals surface area contributed by atoms with Crippen molar-refractivity contribution >= 4 is 46.2 Å². The maximum Gasteiger partial charge on any atom is 0.272 e. The molecule has 7 nitrogen and oxygen atoms in total. The summed E-state index contributed by atoms with van der Waals surface area (Å²) in [5.41, 5.74) is 3.89. The number of aromatic nitrogens is 1. The fraction of sp³-hybridized carbons (Fsp3) is 0.192. The van der Waals surface area contributed by atoms with Crippen LogP contribution in [0.4, 0.5) is 5.69 Å². The van der Waals surface area contributed by atoms with Gasteiger partial charge in [0.25, 0.3) is 5.91 Å². The van der Waals surface area contributed by atoms with Crippen LogP contribution in [0.25, 0.3) is 0 Å². The monoisotopic (exact) mass is 502 g/mol. The van der Waals surface area contributed by atoms with Gasteiger partial charge in [0.15, 0.2) is 5.11 Å². The number of thiocarbonyl (C=S) groups is 1. The van der Waals surface area contributed by atoms with E-state index in [1.807, 2.05) is 59.5 Å². The van der Waals surface area contributed by atoms with Gasteiger partial charge in [0.05, 0.1) is 23.9 Å². The van der Waals surface area contributed by atoms with Gasteiger partial charge in [-0.15, -0.1) is 0 Å². The van der Waals surface area contributed by atoms with Gasteiger partial charge in [0, 0.05) is 48.7 Å². The number of halogens is 1. The average Bonchev–Trinajstić information content (AvgIpc) is 2.98. The number of nitrogens with zero attached hydrogens (tertiary/aromatic N) is 5. The summed E-state index contributed by atoms with van der Waals surface area (Å²) >= 11 is 12.0. The van der Waals surface area contributed by atoms with Gasteiger partial charge >= 0.3 is 0 Å². The number of fused-ring (bicyclic) bond motifs is 1. The Bertz CT molecular complexity index is 1290. The number of rotatable bonds is 6. The van der Waals surface area contributed by atoms with Crippen molar-refractivity contribution in [1.82, 2.24) is 15.2 Å². The molecule has 1 amide bonds. The smallest absolute Gasteiger partial charge is 0.272 e. The number of hydrogen-bond donors (Lipinski definition) is 1. The zero-order valence-corrected chi connectivity index (χ0v) is 20.6. The number of nitriles is 1. The lowest BCUT2D eigenvalue weighted by molar-refractivity contribution is -0.119. The third-order valence-electron chi connectivity index (χ3n) is 5.58. The summed E-state index contributed by atoms with van der Waals surface area (Å²) in [5, 5.41) is 13.1. The number of aliphatic imine (C=N–C) groups is 1. The van der Waals surface area contributed by atoms with E-state index in [-0.39, 0.29) is 12.3 Å². The number of carbonyl (C=O) groups is 1. The van der Waals surface area contributed by atoms with Crippen LogP contribution in [0.1, 0.15) is 23.1 Å². The molecule has 1 aromatic heterocycles. The molecule has 0 radical (unpaired) electrons. The van der Waals surface area contributed by atoms with E-state index in [4.69, 9.17) is 34.1 Å². The highest BCUT2D eigenvalue weighted by molar-refractivity contribution is 7.80. The van der Waals surface area contributed by atoms with Crippen LogP contribution in [0.15, 0.2) is 78.0 Å². The fourth-order valence-electron chi connectivity index (χ4n) is 3.82. The zero-order valence-electron chi connectivity index (χ0n) is 19.1. The molecule has 0 saturated heterocycles. The number of amides is 1. The van der Waals surface area contributed by atoms with Crippen LogP contribution in [0.5, 0.6) is 0 Å². The molecule has 0 spiro atoms. The van der Waals surface area contributed by atoms with Gasteiger partial charge in [-0.25, -0.2) is 4.99 Å². The molecule has 0 saturated carbocycles. The first-order chi connectivity index (χ1) is 17.0. The second-order valence-corrected chi connectivity index (χ2v) is 8.77. The molecule has 1 unspecified atom stereocenters. The number of pyridine rings is 1. The lowest BCUT2D eigenvalue weighted by atomic mass is 10.0. The van der Waals surface area contributed by atoms with E-state index >= 15 is 0 Å². The van der Waals surface area contributed by atoms with Crippen LogP contribution in [0.3, 0.4) is 0 Å². The first kappa shape index (κ1) is 24.3. The van der Waals surface area contributed by atoms with Crippen molar-refractivity contribution in [3.05, 3.63) is 94.8 Å². The molecule has 2 heterocycles. The first-order valence-corrected chi connectivity index (χ1v) is 11.8. The summed E-state index contributed by atoms with van der Waals surface area (Å²) in [6.07, 6.45) is 2.76. The van der Waals surface area contributed by atoms with Gasteiger partial charge < -0.3 is 15.1 Å². The summed E-state index contributed by atoms with van der Waals surface area (Å²) in [7, 11) is 1.71. The Balaban J connectivity index is 1.69. The molecule has 9 heteroatoms. The van der Waals surface area contributed by atoms with Crippen molar-refractivity contribution in [2.45, 2.75) is 19.1 Å². The Kier molecular flexibility index (Phi) is 7.70. The maximum absolute atomic E-state index is 13.5. The minimum absolute atomic E-state index is 0.261. The molecular weight excluding hydrogens is 480 g/mol. The lowest BCUT2D eigenvalue weighted by Gasteiger charge is -2.28. The molecule has 1 aliphatic heterocycles. The summed E-state index contributed by atoms with van der Waals surface area (Å²) in [4.78, 5) is 25.9. The van der Waals surface area contributed by atoms with E-state index in [1.54, 1.807) is 30.4 Å². The number of hydrogen-bond acceptors (Lipinski definition) is 5. The third kappa shape index (κ3) is 5.65. The molecular formula is C26H23ClN6OS. The summed E-state index contributed by atoms with van der Waals surface area (Å²) in [5.74, 6) is -0.261. The molecule has 0 bridgehead atoms. The van der Waals surface area contributed by atoms with Crippen LogP contribution in [0.2, 0.25) is 5.02 Å². The Hall–Kier alpha value is -3.80. The molecule has 2 aromatic carbocycles. The molecule has 0 aliphatic carbocycles. The maximum atomic E-state index is 13.5. The number of nitrogens with one attached hydrogen (secondary N) is 1. The van der Waals surface area contributed by atoms with Gasteiger partial charge in [-0.3, -0.25) is 9.78 Å². The van der Waals surface area contributed by atoms with E-state index in [2.05, 4.69) is 16.4 Å². The molecule has 1 N–H and O–H groups in total. The molecule has 176 valence electrons. The number of benzene rings is 2. The predicted octanol–water partition coefficient (Wildman–Crippen LogP) is 4.17. The number of carbonyl (C=O) groups excluding carboxylic acids is 1. The Morgan fingerprint density at radius 2 is 2.03 bits per heavy atom. The van der Waals surface area contributed by atoms with E-state index in [9.17, 15) is 4.79 Å². The molecule has 3 aromatic rings. The van der Waals surface area contributed by atoms with E-state index in [0.717, 1.165) is 16.7 Å². The number of benzodiazepines with no additional fused rings is 1. The van der Waals surface area contributed by atoms with Crippen LogP contribution in [-0.4, -0.2) is 46.4 Å². The largest absolute Gasteiger partial charge is 0.344 e. The topological polar surface area (TPSA) is 84.6 Å². The van der Waals surface area contributed by atoms with Crippen molar-refractivity contribution < 1.29 is 4.79 Å². The van der Waals surface area contributed by atoms with Crippen LogP contribution in [-0.2, 0) is 11.3 Å². The molecule has 4 rings (SSSR count). The minimum atomic E-state index is -0.965. The average molecular weight is 503 g/mol. The summed E-state index contributed by atoms with van der Waals surface area (Å²) in [6.45, 7) is 0.849. The van der Waals surface area contributed by atoms with E-state index in [0.29, 0.717) is 34.6 Å². The van der Waals surface area contributed by atoms with Crippen molar-refractivity contribution in [3.63, 3.8) is 0 Å². The molecule has 1 aliphatic rings. The standard InChI is InChI=1S/C26H23ClN6OS/c1-32-22-11-10-20(27)15-21(22)23(19-8-3-2-4-9-19)30-24(25(32)34)31-26(35)33(14-6-12-28)17-18-7-5-13-29-16-18/h2-5,7-11,13,15-16,24H,6,14,17H2,1H3,(H,31,35). The lowest BCUT2D eigenvalue weighted by Crippen LogP contribution is -2.50. The predicted molar refractivity (Wildman–Crippen MR) is 141 cm³/mol. The Morgan fingerprint density at radius 1 is 1.23 bits per heavy atom. The Morgan fingerprint density at radius 3 is 2.74 bits per heavy atom. The van der Waals surface area contributed by atoms with Crippen molar-refractivity contribution in [1.29, 1.82) is 5.26 Å². The van der Waals surface area contributed by atoms with Gasteiger partial charge in [-0.2, -0.15) is 5.26 Å². The van der Waals surface area contributed by atoms with Crippen molar-refractivity contribution in [2.75, 3.05) is 18.5 Å². The van der Waals surface area contributed by atoms with E-state index < -0.39 is 6.17 Å². The quantitative estimate of drug-likeness (QED) is 0.509. The van der Waals surface area contributed by atoms with Gasteiger partial charge in [-0.05, 0) is 42.0 Å². The van der Waals surface area contributed by atoms with Gasteiger partial charge in [-0.1, -0.05) is 48.0 Å².